The number of esters is 1. The van der Waals surface area contributed by atoms with E-state index in [1.165, 1.54) is 13.3 Å². The van der Waals surface area contributed by atoms with Crippen molar-refractivity contribution >= 4 is 28.7 Å². The van der Waals surface area contributed by atoms with Gasteiger partial charge in [0, 0.05) is 6.92 Å². The van der Waals surface area contributed by atoms with E-state index in [0.717, 1.165) is 5.56 Å². The van der Waals surface area contributed by atoms with Gasteiger partial charge in [-0.05, 0) is 5.56 Å². The van der Waals surface area contributed by atoms with Crippen LogP contribution in [0, 0.1) is 0 Å². The van der Waals surface area contributed by atoms with Crippen molar-refractivity contribution in [2.24, 2.45) is 0 Å². The average molecular weight is 431 g/mol. The lowest BCUT2D eigenvalue weighted by Gasteiger charge is -2.23. The Morgan fingerprint density at radius 3 is 2.87 bits per heavy atom. The number of rotatable bonds is 5. The lowest BCUT2D eigenvalue weighted by Crippen LogP contribution is -2.35. The van der Waals surface area contributed by atoms with Crippen LogP contribution in [0.25, 0.3) is 11.2 Å². The van der Waals surface area contributed by atoms with Crippen molar-refractivity contribution in [2.45, 2.75) is 44.2 Å². The molecule has 30 heavy (non-hydrogen) atoms. The number of hydrogen-bond acceptors (Lipinski definition) is 8. The van der Waals surface area contributed by atoms with E-state index >= 15 is 0 Å². The molecule has 0 saturated carbocycles. The van der Waals surface area contributed by atoms with Crippen molar-refractivity contribution in [1.29, 1.82) is 0 Å². The number of benzene rings is 1. The fraction of sp³-hybridized carbons (Fsp3) is 0.400. The Kier molecular flexibility index (Phi) is 5.11. The summed E-state index contributed by atoms with van der Waals surface area (Å²) >= 11 is 6.12. The van der Waals surface area contributed by atoms with Gasteiger partial charge < -0.3 is 18.9 Å². The van der Waals surface area contributed by atoms with E-state index in [9.17, 15) is 4.79 Å². The summed E-state index contributed by atoms with van der Waals surface area (Å²) in [7, 11) is 0. The number of fused-ring (bicyclic) bond motifs is 2. The number of hydrogen-bond donors (Lipinski definition) is 0. The van der Waals surface area contributed by atoms with Crippen LogP contribution in [0.4, 0.5) is 0 Å². The molecule has 5 rings (SSSR count). The number of ether oxygens (including phenoxy) is 4. The van der Waals surface area contributed by atoms with E-state index in [-0.39, 0.29) is 11.3 Å². The average Bonchev–Trinajstić information content (AvgIpc) is 3.42. The van der Waals surface area contributed by atoms with Gasteiger partial charge in [0.25, 0.3) is 0 Å². The van der Waals surface area contributed by atoms with Gasteiger partial charge in [-0.3, -0.25) is 9.36 Å². The summed E-state index contributed by atoms with van der Waals surface area (Å²) in [5.74, 6) is -0.427. The van der Waals surface area contributed by atoms with Crippen LogP contribution in [0.15, 0.2) is 43.0 Å². The highest BCUT2D eigenvalue weighted by Crippen LogP contribution is 2.41. The molecule has 10 heteroatoms. The summed E-state index contributed by atoms with van der Waals surface area (Å²) in [5.41, 5.74) is 1.98. The Morgan fingerprint density at radius 2 is 2.07 bits per heavy atom. The van der Waals surface area contributed by atoms with E-state index in [0.29, 0.717) is 24.4 Å². The molecule has 9 nitrogen and oxygen atoms in total. The second-order valence-corrected chi connectivity index (χ2v) is 7.54. The summed E-state index contributed by atoms with van der Waals surface area (Å²) in [4.78, 5) is 24.3. The quantitative estimate of drug-likeness (QED) is 0.449. The molecule has 2 saturated heterocycles. The molecular weight excluding hydrogens is 412 g/mol. The highest BCUT2D eigenvalue weighted by Gasteiger charge is 2.56. The van der Waals surface area contributed by atoms with E-state index in [1.54, 1.807) is 10.9 Å². The van der Waals surface area contributed by atoms with Crippen molar-refractivity contribution in [1.82, 2.24) is 19.5 Å². The maximum atomic E-state index is 11.8. The van der Waals surface area contributed by atoms with Crippen LogP contribution in [0.1, 0.15) is 18.7 Å². The Morgan fingerprint density at radius 1 is 1.23 bits per heavy atom. The van der Waals surface area contributed by atoms with E-state index in [4.69, 9.17) is 30.5 Å². The normalized spacial score (nSPS) is 28.0. The molecule has 3 aromatic rings. The van der Waals surface area contributed by atoms with Crippen molar-refractivity contribution in [3.05, 3.63) is 53.7 Å². The molecule has 0 spiro atoms. The molecule has 156 valence electrons. The molecule has 4 heterocycles. The second-order valence-electron chi connectivity index (χ2n) is 7.19. The van der Waals surface area contributed by atoms with Gasteiger partial charge in [-0.25, -0.2) is 15.0 Å². The first-order valence-corrected chi connectivity index (χ1v) is 9.92. The fourth-order valence-electron chi connectivity index (χ4n) is 3.93. The van der Waals surface area contributed by atoms with Crippen molar-refractivity contribution in [3.63, 3.8) is 0 Å². The monoisotopic (exact) mass is 430 g/mol. The first kappa shape index (κ1) is 19.4. The summed E-state index contributed by atoms with van der Waals surface area (Å²) in [6, 6.07) is 9.87. The van der Waals surface area contributed by atoms with E-state index < -0.39 is 30.5 Å². The number of imidazole rings is 1. The molecule has 0 N–H and O–H groups in total. The first-order chi connectivity index (χ1) is 14.6. The van der Waals surface area contributed by atoms with Crippen molar-refractivity contribution in [3.8, 4) is 0 Å². The largest absolute Gasteiger partial charge is 0.455 e. The predicted molar refractivity (Wildman–Crippen MR) is 105 cm³/mol. The Hall–Kier alpha value is -2.59. The minimum atomic E-state index is -0.678. The number of aromatic nitrogens is 4. The van der Waals surface area contributed by atoms with Crippen LogP contribution < -0.4 is 0 Å². The molecular formula is C20H19ClN4O5. The van der Waals surface area contributed by atoms with Crippen LogP contribution in [0.3, 0.4) is 0 Å². The molecule has 0 amide bonds. The van der Waals surface area contributed by atoms with Crippen LogP contribution in [0.2, 0.25) is 5.15 Å². The third-order valence-electron chi connectivity index (χ3n) is 5.24. The zero-order valence-electron chi connectivity index (χ0n) is 16.1. The number of carbonyl (C=O) groups excluding carboxylic acids is 1. The molecule has 5 atom stereocenters. The Bertz CT molecular complexity index is 1060. The fourth-order valence-corrected chi connectivity index (χ4v) is 4.10. The van der Waals surface area contributed by atoms with Gasteiger partial charge >= 0.3 is 5.97 Å². The Labute approximate surface area is 176 Å². The first-order valence-electron chi connectivity index (χ1n) is 9.54. The minimum Gasteiger partial charge on any atom is -0.455 e. The molecule has 1 aromatic carbocycles. The maximum Gasteiger partial charge on any atom is 0.303 e. The van der Waals surface area contributed by atoms with Crippen LogP contribution in [0.5, 0.6) is 0 Å². The van der Waals surface area contributed by atoms with Crippen molar-refractivity contribution < 1.29 is 23.7 Å². The maximum absolute atomic E-state index is 11.8. The molecule has 0 bridgehead atoms. The molecule has 0 radical (unpaired) electrons. The van der Waals surface area contributed by atoms with Gasteiger partial charge in [0.1, 0.15) is 30.2 Å². The van der Waals surface area contributed by atoms with Gasteiger partial charge in [-0.1, -0.05) is 41.9 Å². The molecule has 0 unspecified atom stereocenters. The highest BCUT2D eigenvalue weighted by atomic mass is 35.5. The predicted octanol–water partition coefficient (Wildman–Crippen LogP) is 2.29. The second kappa shape index (κ2) is 7.92. The number of nitrogens with zero attached hydrogens (tertiary/aromatic N) is 4. The lowest BCUT2D eigenvalue weighted by atomic mass is 10.1. The highest BCUT2D eigenvalue weighted by molar-refractivity contribution is 6.33. The zero-order chi connectivity index (χ0) is 20.7. The Balaban J connectivity index is 1.41. The minimum absolute atomic E-state index is 0.237. The standard InChI is InChI=1S/C20H19ClN4O5/c1-11(26)29-17-16-15(13(8-28-16)27-7-12-5-3-2-4-6-12)30-20(17)25-10-24-14-18(21)22-9-23-19(14)25/h2-6,9-10,13,15-17,20H,7-8H2,1H3/t13-,15-,16+,17-,20-/m1/s1. The van der Waals surface area contributed by atoms with Crippen LogP contribution in [-0.2, 0) is 30.3 Å². The van der Waals surface area contributed by atoms with Gasteiger partial charge in [0.05, 0.1) is 19.5 Å². The summed E-state index contributed by atoms with van der Waals surface area (Å²) in [6.07, 6.45) is 0.375. The van der Waals surface area contributed by atoms with Gasteiger partial charge in [-0.15, -0.1) is 0 Å². The SMILES string of the molecule is CC(=O)O[C@@H]1[C@H]2OC[C@@H](OCc3ccccc3)[C@H]2O[C@H]1n1cnc2c(Cl)ncnc21. The topological polar surface area (TPSA) is 97.6 Å². The van der Waals surface area contributed by atoms with Crippen LogP contribution >= 0.6 is 11.6 Å². The van der Waals surface area contributed by atoms with Gasteiger partial charge in [0.2, 0.25) is 0 Å². The lowest BCUT2D eigenvalue weighted by molar-refractivity contribution is -0.159. The molecule has 2 aromatic heterocycles. The number of halogens is 1. The van der Waals surface area contributed by atoms with Crippen molar-refractivity contribution in [2.75, 3.05) is 6.61 Å². The smallest absolute Gasteiger partial charge is 0.303 e. The van der Waals surface area contributed by atoms with Gasteiger partial charge in [0.15, 0.2) is 23.1 Å². The molecule has 2 aliphatic heterocycles. The third-order valence-corrected chi connectivity index (χ3v) is 5.52. The van der Waals surface area contributed by atoms with Gasteiger partial charge in [-0.2, -0.15) is 0 Å². The van der Waals surface area contributed by atoms with E-state index in [1.807, 2.05) is 30.3 Å². The zero-order valence-corrected chi connectivity index (χ0v) is 16.8. The molecule has 2 fully saturated rings. The van der Waals surface area contributed by atoms with E-state index in [2.05, 4.69) is 15.0 Å². The number of carbonyl (C=O) groups is 1. The summed E-state index contributed by atoms with van der Waals surface area (Å²) in [5, 5.41) is 0.237. The third kappa shape index (κ3) is 3.43. The summed E-state index contributed by atoms with van der Waals surface area (Å²) < 4.78 is 25.6. The molecule has 2 aliphatic rings. The van der Waals surface area contributed by atoms with Crippen LogP contribution in [-0.4, -0.2) is 56.5 Å². The summed E-state index contributed by atoms with van der Waals surface area (Å²) in [6.45, 7) is 2.14. The molecule has 0 aliphatic carbocycles.